The van der Waals surface area contributed by atoms with Gasteiger partial charge in [-0.15, -0.1) is 0 Å². The lowest BCUT2D eigenvalue weighted by atomic mass is 10.1. The number of aromatic nitrogens is 1. The van der Waals surface area contributed by atoms with E-state index >= 15 is 0 Å². The van der Waals surface area contributed by atoms with Gasteiger partial charge in [0.2, 0.25) is 5.43 Å². The molecule has 7 nitrogen and oxygen atoms in total. The van der Waals surface area contributed by atoms with Crippen LogP contribution in [-0.2, 0) is 28.9 Å². The van der Waals surface area contributed by atoms with Crippen LogP contribution in [0.3, 0.4) is 0 Å². The molecule has 0 fully saturated rings. The molecule has 0 bridgehead atoms. The molecule has 0 aliphatic rings. The number of aromatic amines is 1. The predicted octanol–water partition coefficient (Wildman–Crippen LogP) is 2.03. The van der Waals surface area contributed by atoms with Crippen LogP contribution in [0, 0.1) is 0 Å². The fourth-order valence-electron chi connectivity index (χ4n) is 2.57. The highest BCUT2D eigenvalue weighted by atomic mass is 16.5. The molecule has 2 N–H and O–H groups in total. The van der Waals surface area contributed by atoms with Gasteiger partial charge in [-0.25, -0.2) is 4.79 Å². The van der Waals surface area contributed by atoms with Crippen LogP contribution < -0.4 is 10.2 Å². The fraction of sp³-hybridized carbons (Fsp3) is 0.368. The van der Waals surface area contributed by atoms with Crippen molar-refractivity contribution in [1.82, 2.24) is 4.98 Å². The molecular formula is C19H23NO6. The highest BCUT2D eigenvalue weighted by Crippen LogP contribution is 2.18. The minimum atomic E-state index is -1.25. The summed E-state index contributed by atoms with van der Waals surface area (Å²) in [4.78, 5) is 27.4. The predicted molar refractivity (Wildman–Crippen MR) is 96.0 cm³/mol. The molecule has 0 atom stereocenters. The van der Waals surface area contributed by atoms with E-state index in [0.29, 0.717) is 37.3 Å². The number of benzene rings is 1. The maximum absolute atomic E-state index is 12.9. The lowest BCUT2D eigenvalue weighted by Gasteiger charge is -2.15. The van der Waals surface area contributed by atoms with Gasteiger partial charge in [-0.05, 0) is 5.56 Å². The number of nitrogens with one attached hydrogen (secondary N) is 1. The second-order valence-electron chi connectivity index (χ2n) is 5.68. The Balaban J connectivity index is 2.43. The minimum Gasteiger partial charge on any atom is -0.482 e. The maximum atomic E-state index is 12.9. The molecule has 0 aliphatic carbocycles. The van der Waals surface area contributed by atoms with Crippen molar-refractivity contribution in [1.29, 1.82) is 0 Å². The molecule has 7 heteroatoms. The third kappa shape index (κ3) is 4.93. The Morgan fingerprint density at radius 2 is 1.73 bits per heavy atom. The largest absolute Gasteiger partial charge is 0.482 e. The SMILES string of the molecule is COCCc1[nH]c(C(=O)O)c(OCc2ccccc2)c(=O)c1CCOC. The number of H-pyrrole nitrogens is 1. The third-order valence-corrected chi connectivity index (χ3v) is 3.90. The molecule has 1 aromatic heterocycles. The van der Waals surface area contributed by atoms with Gasteiger partial charge in [0.1, 0.15) is 6.61 Å². The van der Waals surface area contributed by atoms with Crippen molar-refractivity contribution in [2.24, 2.45) is 0 Å². The summed E-state index contributed by atoms with van der Waals surface area (Å²) in [6.45, 7) is 0.804. The topological polar surface area (TPSA) is 97.9 Å². The summed E-state index contributed by atoms with van der Waals surface area (Å²) in [5, 5.41) is 9.50. The number of ether oxygens (including phenoxy) is 3. The van der Waals surface area contributed by atoms with E-state index in [2.05, 4.69) is 4.98 Å². The lowest BCUT2D eigenvalue weighted by molar-refractivity contribution is 0.0683. The first kappa shape index (κ1) is 19.7. The molecule has 1 heterocycles. The number of hydrogen-bond donors (Lipinski definition) is 2. The van der Waals surface area contributed by atoms with Gasteiger partial charge in [-0.3, -0.25) is 4.79 Å². The van der Waals surface area contributed by atoms with Crippen LogP contribution >= 0.6 is 0 Å². The van der Waals surface area contributed by atoms with E-state index in [4.69, 9.17) is 14.2 Å². The van der Waals surface area contributed by atoms with Crippen molar-refractivity contribution >= 4 is 5.97 Å². The molecule has 0 saturated carbocycles. The first-order valence-corrected chi connectivity index (χ1v) is 8.24. The van der Waals surface area contributed by atoms with E-state index in [1.165, 1.54) is 0 Å². The molecule has 0 radical (unpaired) electrons. The second-order valence-corrected chi connectivity index (χ2v) is 5.68. The summed E-state index contributed by atoms with van der Waals surface area (Å²) in [6, 6.07) is 9.24. The summed E-state index contributed by atoms with van der Waals surface area (Å²) in [5.41, 5.74) is 1.14. The molecule has 1 aromatic carbocycles. The van der Waals surface area contributed by atoms with Gasteiger partial charge in [0.15, 0.2) is 11.4 Å². The fourth-order valence-corrected chi connectivity index (χ4v) is 2.57. The Kier molecular flexibility index (Phi) is 7.37. The van der Waals surface area contributed by atoms with Crippen molar-refractivity contribution in [2.45, 2.75) is 19.4 Å². The first-order chi connectivity index (χ1) is 12.6. The van der Waals surface area contributed by atoms with Crippen LogP contribution in [0.5, 0.6) is 5.75 Å². The zero-order valence-corrected chi connectivity index (χ0v) is 14.9. The van der Waals surface area contributed by atoms with Gasteiger partial charge in [-0.2, -0.15) is 0 Å². The Hall–Kier alpha value is -2.64. The zero-order chi connectivity index (χ0) is 18.9. The Morgan fingerprint density at radius 1 is 1.08 bits per heavy atom. The molecule has 0 saturated heterocycles. The number of rotatable bonds is 10. The summed E-state index contributed by atoms with van der Waals surface area (Å²) < 4.78 is 15.7. The van der Waals surface area contributed by atoms with Gasteiger partial charge in [0.05, 0.1) is 13.2 Å². The van der Waals surface area contributed by atoms with Gasteiger partial charge >= 0.3 is 5.97 Å². The smallest absolute Gasteiger partial charge is 0.356 e. The summed E-state index contributed by atoms with van der Waals surface area (Å²) in [5.74, 6) is -1.43. The third-order valence-electron chi connectivity index (χ3n) is 3.90. The second kappa shape index (κ2) is 9.74. The molecule has 140 valence electrons. The van der Waals surface area contributed by atoms with E-state index in [1.807, 2.05) is 30.3 Å². The van der Waals surface area contributed by atoms with Gasteiger partial charge < -0.3 is 24.3 Å². The Morgan fingerprint density at radius 3 is 2.35 bits per heavy atom. The lowest BCUT2D eigenvalue weighted by Crippen LogP contribution is -2.24. The van der Waals surface area contributed by atoms with Crippen molar-refractivity contribution in [2.75, 3.05) is 27.4 Å². The van der Waals surface area contributed by atoms with Crippen molar-refractivity contribution in [3.8, 4) is 5.75 Å². The van der Waals surface area contributed by atoms with Crippen molar-refractivity contribution in [3.05, 3.63) is 63.1 Å². The minimum absolute atomic E-state index is 0.103. The molecule has 26 heavy (non-hydrogen) atoms. The average Bonchev–Trinajstić information content (AvgIpc) is 2.65. The molecule has 0 unspecified atom stereocenters. The number of carboxylic acid groups (broad SMARTS) is 1. The van der Waals surface area contributed by atoms with Crippen LogP contribution in [0.4, 0.5) is 0 Å². The summed E-state index contributed by atoms with van der Waals surface area (Å²) >= 11 is 0. The normalized spacial score (nSPS) is 10.7. The van der Waals surface area contributed by atoms with Crippen LogP contribution in [0.1, 0.15) is 27.3 Å². The summed E-state index contributed by atoms with van der Waals surface area (Å²) in [6.07, 6.45) is 0.747. The molecule has 0 spiro atoms. The number of methoxy groups -OCH3 is 2. The highest BCUT2D eigenvalue weighted by Gasteiger charge is 2.22. The van der Waals surface area contributed by atoms with Crippen molar-refractivity contribution in [3.63, 3.8) is 0 Å². The van der Waals surface area contributed by atoms with E-state index in [9.17, 15) is 14.7 Å². The standard InChI is InChI=1S/C19H23NO6/c1-24-10-8-14-15(9-11-25-2)20-16(19(22)23)18(17(14)21)26-12-13-6-4-3-5-7-13/h3-7H,8-12H2,1-2H3,(H,20,21)(H,22,23). The number of aromatic carboxylic acids is 1. The molecule has 0 amide bonds. The highest BCUT2D eigenvalue weighted by molar-refractivity contribution is 5.88. The van der Waals surface area contributed by atoms with E-state index < -0.39 is 11.4 Å². The Labute approximate surface area is 151 Å². The van der Waals surface area contributed by atoms with Gasteiger partial charge in [-0.1, -0.05) is 30.3 Å². The summed E-state index contributed by atoms with van der Waals surface area (Å²) in [7, 11) is 3.09. The molecule has 2 aromatic rings. The average molecular weight is 361 g/mol. The molecule has 2 rings (SSSR count). The molecular weight excluding hydrogens is 338 g/mol. The maximum Gasteiger partial charge on any atom is 0.356 e. The van der Waals surface area contributed by atoms with Crippen LogP contribution in [0.25, 0.3) is 0 Å². The van der Waals surface area contributed by atoms with Crippen LogP contribution in [0.15, 0.2) is 35.1 Å². The van der Waals surface area contributed by atoms with Crippen molar-refractivity contribution < 1.29 is 24.1 Å². The van der Waals surface area contributed by atoms with E-state index in [1.54, 1.807) is 14.2 Å². The van der Waals surface area contributed by atoms with Gasteiger partial charge in [0, 0.05) is 38.3 Å². The quantitative estimate of drug-likeness (QED) is 0.672. The first-order valence-electron chi connectivity index (χ1n) is 8.24. The van der Waals surface area contributed by atoms with Crippen LogP contribution in [0.2, 0.25) is 0 Å². The molecule has 0 aliphatic heterocycles. The van der Waals surface area contributed by atoms with E-state index in [0.717, 1.165) is 5.56 Å². The van der Waals surface area contributed by atoms with Gasteiger partial charge in [0.25, 0.3) is 0 Å². The number of carboxylic acids is 1. The zero-order valence-electron chi connectivity index (χ0n) is 14.9. The van der Waals surface area contributed by atoms with Crippen LogP contribution in [-0.4, -0.2) is 43.5 Å². The number of hydrogen-bond acceptors (Lipinski definition) is 5. The number of pyridine rings is 1. The Bertz CT molecular complexity index is 785. The number of carbonyl (C=O) groups is 1. The van der Waals surface area contributed by atoms with E-state index in [-0.39, 0.29) is 18.1 Å². The monoisotopic (exact) mass is 361 g/mol.